The molecule has 0 saturated heterocycles. The number of rotatable bonds is 38. The largest absolute Gasteiger partial charge is 0.494 e. The fourth-order valence-electron chi connectivity index (χ4n) is 5.58. The van der Waals surface area contributed by atoms with E-state index in [1.54, 1.807) is 0 Å². The molecule has 0 aromatic carbocycles. The summed E-state index contributed by atoms with van der Waals surface area (Å²) in [5.41, 5.74) is 0. The van der Waals surface area contributed by atoms with Gasteiger partial charge in [0.15, 0.2) is 25.1 Å². The van der Waals surface area contributed by atoms with Crippen LogP contribution in [0.4, 0.5) is 0 Å². The molecule has 7 nitrogen and oxygen atoms in total. The van der Waals surface area contributed by atoms with E-state index in [4.69, 9.17) is 33.2 Å². The van der Waals surface area contributed by atoms with Crippen LogP contribution in [0.3, 0.4) is 0 Å². The van der Waals surface area contributed by atoms with Crippen molar-refractivity contribution in [1.29, 1.82) is 0 Å². The number of hydrogen-bond acceptors (Lipinski definition) is 7. The molecule has 0 heterocycles. The van der Waals surface area contributed by atoms with E-state index < -0.39 is 0 Å². The lowest BCUT2D eigenvalue weighted by molar-refractivity contribution is -0.160. The van der Waals surface area contributed by atoms with E-state index in [0.29, 0.717) is 26.4 Å². The van der Waals surface area contributed by atoms with Gasteiger partial charge in [-0.15, -0.1) is 0 Å². The highest BCUT2D eigenvalue weighted by Gasteiger charge is 2.21. The maximum Gasteiger partial charge on any atom is 0.162 e. The van der Waals surface area contributed by atoms with E-state index >= 15 is 0 Å². The Labute approximate surface area is 304 Å². The third kappa shape index (κ3) is 27.0. The van der Waals surface area contributed by atoms with Crippen LogP contribution >= 0.6 is 0 Å². The van der Waals surface area contributed by atoms with Crippen molar-refractivity contribution in [2.75, 3.05) is 40.0 Å². The molecular formula is C42H82O7. The zero-order valence-corrected chi connectivity index (χ0v) is 33.8. The number of hydrogen-bond donors (Lipinski definition) is 0. The molecular weight excluding hydrogens is 616 g/mol. The van der Waals surface area contributed by atoms with Gasteiger partial charge in [-0.25, -0.2) is 0 Å². The van der Waals surface area contributed by atoms with Crippen LogP contribution in [0, 0.1) is 0 Å². The van der Waals surface area contributed by atoms with Gasteiger partial charge < -0.3 is 33.2 Å². The van der Waals surface area contributed by atoms with Crippen LogP contribution in [-0.2, 0) is 33.2 Å². The smallest absolute Gasteiger partial charge is 0.162 e. The van der Waals surface area contributed by atoms with Crippen molar-refractivity contribution in [3.05, 3.63) is 23.0 Å². The topological polar surface area (TPSA) is 64.6 Å². The van der Waals surface area contributed by atoms with E-state index in [-0.39, 0.29) is 25.8 Å². The molecule has 49 heavy (non-hydrogen) atoms. The molecule has 0 bridgehead atoms. The maximum absolute atomic E-state index is 6.24. The van der Waals surface area contributed by atoms with Crippen LogP contribution in [0.1, 0.15) is 197 Å². The van der Waals surface area contributed by atoms with Crippen LogP contribution in [0.15, 0.2) is 23.0 Å². The lowest BCUT2D eigenvalue weighted by Gasteiger charge is -2.23. The Bertz CT molecular complexity index is 704. The molecule has 0 aliphatic heterocycles. The second-order valence-corrected chi connectivity index (χ2v) is 13.5. The van der Waals surface area contributed by atoms with Gasteiger partial charge in [-0.1, -0.05) is 131 Å². The normalized spacial score (nSPS) is 13.9. The Morgan fingerprint density at radius 2 is 0.673 bits per heavy atom. The number of ether oxygens (including phenoxy) is 7. The SMILES string of the molecule is CCCCCCCCCCC(OCCC)=C(OCCC)C(C)OCOCOC(C)C(OCCC)=C(CCCCCCCCCC)OCCC. The molecule has 0 aliphatic rings. The first-order valence-electron chi connectivity index (χ1n) is 20.8. The molecule has 0 saturated carbocycles. The maximum atomic E-state index is 6.24. The van der Waals surface area contributed by atoms with E-state index in [0.717, 1.165) is 74.4 Å². The van der Waals surface area contributed by atoms with Crippen LogP contribution in [0.25, 0.3) is 0 Å². The summed E-state index contributed by atoms with van der Waals surface area (Å²) in [5, 5.41) is 0. The first kappa shape index (κ1) is 47.6. The summed E-state index contributed by atoms with van der Waals surface area (Å²) in [6, 6.07) is 0. The van der Waals surface area contributed by atoms with Crippen molar-refractivity contribution in [1.82, 2.24) is 0 Å². The molecule has 0 amide bonds. The van der Waals surface area contributed by atoms with E-state index in [9.17, 15) is 0 Å². The van der Waals surface area contributed by atoms with Gasteiger partial charge >= 0.3 is 0 Å². The minimum atomic E-state index is -0.283. The molecule has 0 spiro atoms. The summed E-state index contributed by atoms with van der Waals surface area (Å²) in [6.07, 6.45) is 25.4. The van der Waals surface area contributed by atoms with Gasteiger partial charge in [0.25, 0.3) is 0 Å². The molecule has 0 aromatic rings. The highest BCUT2D eigenvalue weighted by molar-refractivity contribution is 5.07. The molecule has 0 aliphatic carbocycles. The van der Waals surface area contributed by atoms with E-state index in [1.165, 1.54) is 89.9 Å². The van der Waals surface area contributed by atoms with Crippen molar-refractivity contribution in [3.8, 4) is 0 Å². The van der Waals surface area contributed by atoms with Crippen LogP contribution in [-0.4, -0.2) is 52.2 Å². The standard InChI is InChI=1S/C42H82O7/c1-9-15-17-19-21-23-25-27-29-39(44-31-11-3)41(46-33-13-5)37(7)48-35-43-36-49-38(8)42(47-34-14-6)40(45-32-12-4)30-28-26-24-22-20-18-16-10-2/h37-38H,9-36H2,1-8H3. The monoisotopic (exact) mass is 699 g/mol. The second-order valence-electron chi connectivity index (χ2n) is 13.5. The fraction of sp³-hybridized carbons (Fsp3) is 0.905. The lowest BCUT2D eigenvalue weighted by Crippen LogP contribution is -2.22. The molecule has 0 rings (SSSR count). The Hall–Kier alpha value is -1.44. The summed E-state index contributed by atoms with van der Waals surface area (Å²) in [4.78, 5) is 0. The third-order valence-electron chi connectivity index (χ3n) is 8.49. The predicted octanol–water partition coefficient (Wildman–Crippen LogP) is 12.9. The summed E-state index contributed by atoms with van der Waals surface area (Å²) in [5.74, 6) is 3.45. The lowest BCUT2D eigenvalue weighted by atomic mass is 10.1. The average molecular weight is 699 g/mol. The molecule has 2 atom stereocenters. The Kier molecular flexibility index (Phi) is 35.3. The second kappa shape index (κ2) is 36.4. The third-order valence-corrected chi connectivity index (χ3v) is 8.49. The highest BCUT2D eigenvalue weighted by Crippen LogP contribution is 2.24. The highest BCUT2D eigenvalue weighted by atomic mass is 16.7. The van der Waals surface area contributed by atoms with Gasteiger partial charge in [0.05, 0.1) is 26.4 Å². The van der Waals surface area contributed by atoms with Gasteiger partial charge in [0.1, 0.15) is 23.7 Å². The molecule has 292 valence electrons. The van der Waals surface area contributed by atoms with E-state index in [2.05, 4.69) is 41.5 Å². The first-order valence-corrected chi connectivity index (χ1v) is 20.8. The minimum absolute atomic E-state index is 0.0952. The summed E-state index contributed by atoms with van der Waals surface area (Å²) in [7, 11) is 0. The van der Waals surface area contributed by atoms with Gasteiger partial charge in [-0.2, -0.15) is 0 Å². The van der Waals surface area contributed by atoms with Crippen LogP contribution in [0.2, 0.25) is 0 Å². The molecule has 0 aromatic heterocycles. The quantitative estimate of drug-likeness (QED) is 0.0361. The van der Waals surface area contributed by atoms with Crippen molar-refractivity contribution in [3.63, 3.8) is 0 Å². The molecule has 7 heteroatoms. The molecule has 0 fully saturated rings. The zero-order valence-electron chi connectivity index (χ0n) is 33.8. The van der Waals surface area contributed by atoms with Gasteiger partial charge in [-0.3, -0.25) is 0 Å². The van der Waals surface area contributed by atoms with Crippen LogP contribution in [0.5, 0.6) is 0 Å². The van der Waals surface area contributed by atoms with Crippen molar-refractivity contribution >= 4 is 0 Å². The fourth-order valence-corrected chi connectivity index (χ4v) is 5.58. The summed E-state index contributed by atoms with van der Waals surface area (Å²) >= 11 is 0. The molecule has 0 radical (unpaired) electrons. The average Bonchev–Trinajstić information content (AvgIpc) is 3.10. The van der Waals surface area contributed by atoms with Gasteiger partial charge in [0.2, 0.25) is 0 Å². The number of allylic oxidation sites excluding steroid dienone is 2. The molecule has 2 unspecified atom stereocenters. The summed E-state index contributed by atoms with van der Waals surface area (Å²) < 4.78 is 43.0. The van der Waals surface area contributed by atoms with Crippen molar-refractivity contribution < 1.29 is 33.2 Å². The first-order chi connectivity index (χ1) is 24.0. The summed E-state index contributed by atoms with van der Waals surface area (Å²) in [6.45, 7) is 19.9. The van der Waals surface area contributed by atoms with E-state index in [1.807, 2.05) is 13.8 Å². The zero-order chi connectivity index (χ0) is 36.2. The Morgan fingerprint density at radius 3 is 1.00 bits per heavy atom. The van der Waals surface area contributed by atoms with Gasteiger partial charge in [-0.05, 0) is 52.4 Å². The molecule has 0 N–H and O–H groups in total. The minimum Gasteiger partial charge on any atom is -0.494 e. The van der Waals surface area contributed by atoms with Crippen molar-refractivity contribution in [2.45, 2.75) is 209 Å². The number of unbranched alkanes of at least 4 members (excludes halogenated alkanes) is 14. The van der Waals surface area contributed by atoms with Crippen molar-refractivity contribution in [2.24, 2.45) is 0 Å². The Balaban J connectivity index is 5.16. The predicted molar refractivity (Wildman–Crippen MR) is 205 cm³/mol. The van der Waals surface area contributed by atoms with Gasteiger partial charge in [0, 0.05) is 12.8 Å². The van der Waals surface area contributed by atoms with Crippen LogP contribution < -0.4 is 0 Å². The Morgan fingerprint density at radius 1 is 0.367 bits per heavy atom.